The number of hydrogen-bond acceptors (Lipinski definition) is 3. The molecule has 0 saturated carbocycles. The second-order valence-corrected chi connectivity index (χ2v) is 5.70. The lowest BCUT2D eigenvalue weighted by atomic mass is 10.1. The van der Waals surface area contributed by atoms with Gasteiger partial charge in [-0.1, -0.05) is 51.9 Å². The van der Waals surface area contributed by atoms with Crippen molar-refractivity contribution < 1.29 is 4.79 Å². The lowest BCUT2D eigenvalue weighted by molar-refractivity contribution is 0.0944. The Bertz CT molecular complexity index is 440. The molecule has 3 N–H and O–H groups in total. The van der Waals surface area contributed by atoms with Crippen LogP contribution in [0.5, 0.6) is 0 Å². The van der Waals surface area contributed by atoms with Gasteiger partial charge in [-0.25, -0.2) is 0 Å². The molecule has 1 aromatic rings. The fourth-order valence-electron chi connectivity index (χ4n) is 2.49. The van der Waals surface area contributed by atoms with Gasteiger partial charge >= 0.3 is 0 Å². The highest BCUT2D eigenvalue weighted by molar-refractivity contribution is 5.97. The van der Waals surface area contributed by atoms with Crippen LogP contribution in [0.15, 0.2) is 0 Å². The molecule has 21 heavy (non-hydrogen) atoms. The van der Waals surface area contributed by atoms with Gasteiger partial charge in [-0.3, -0.25) is 9.48 Å². The molecule has 1 heterocycles. The summed E-state index contributed by atoms with van der Waals surface area (Å²) in [4.78, 5) is 12.1. The summed E-state index contributed by atoms with van der Waals surface area (Å²) in [5, 5.41) is 7.08. The molecule has 0 atom stereocenters. The maximum Gasteiger partial charge on any atom is 0.271 e. The maximum absolute atomic E-state index is 12.1. The van der Waals surface area contributed by atoms with Crippen LogP contribution in [0.1, 0.15) is 74.5 Å². The largest absolute Gasteiger partial charge is 0.395 e. The first-order valence-electron chi connectivity index (χ1n) is 8.15. The van der Waals surface area contributed by atoms with E-state index in [0.29, 0.717) is 23.6 Å². The Morgan fingerprint density at radius 1 is 1.14 bits per heavy atom. The molecule has 0 aromatic carbocycles. The van der Waals surface area contributed by atoms with Crippen LogP contribution in [0.4, 0.5) is 5.69 Å². The van der Waals surface area contributed by atoms with E-state index in [1.807, 2.05) is 6.92 Å². The van der Waals surface area contributed by atoms with E-state index in [-0.39, 0.29) is 5.91 Å². The van der Waals surface area contributed by atoms with E-state index in [1.165, 1.54) is 44.9 Å². The van der Waals surface area contributed by atoms with Crippen molar-refractivity contribution in [1.29, 1.82) is 0 Å². The molecular weight excluding hydrogens is 264 g/mol. The Morgan fingerprint density at radius 3 is 2.24 bits per heavy atom. The number of carbonyl (C=O) groups excluding carboxylic acids is 1. The van der Waals surface area contributed by atoms with Crippen molar-refractivity contribution in [3.63, 3.8) is 0 Å². The van der Waals surface area contributed by atoms with Crippen LogP contribution in [0.2, 0.25) is 0 Å². The summed E-state index contributed by atoms with van der Waals surface area (Å²) in [6.45, 7) is 4.75. The van der Waals surface area contributed by atoms with Gasteiger partial charge in [-0.2, -0.15) is 5.10 Å². The summed E-state index contributed by atoms with van der Waals surface area (Å²) in [7, 11) is 1.74. The van der Waals surface area contributed by atoms with E-state index in [1.54, 1.807) is 11.7 Å². The van der Waals surface area contributed by atoms with Crippen molar-refractivity contribution in [3.05, 3.63) is 11.4 Å². The number of nitrogen functional groups attached to an aromatic ring is 1. The maximum atomic E-state index is 12.1. The van der Waals surface area contributed by atoms with Crippen molar-refractivity contribution >= 4 is 11.6 Å². The highest BCUT2D eigenvalue weighted by Crippen LogP contribution is 2.14. The summed E-state index contributed by atoms with van der Waals surface area (Å²) in [6.07, 6.45) is 10.1. The number of unbranched alkanes of at least 4 members (excludes halogenated alkanes) is 7. The van der Waals surface area contributed by atoms with Crippen LogP contribution in [0.25, 0.3) is 0 Å². The summed E-state index contributed by atoms with van der Waals surface area (Å²) in [5.41, 5.74) is 7.52. The van der Waals surface area contributed by atoms with Gasteiger partial charge in [0, 0.05) is 13.6 Å². The lowest BCUT2D eigenvalue weighted by Crippen LogP contribution is -2.27. The van der Waals surface area contributed by atoms with Gasteiger partial charge in [0.1, 0.15) is 5.69 Å². The van der Waals surface area contributed by atoms with Gasteiger partial charge in [0.05, 0.1) is 11.4 Å². The minimum Gasteiger partial charge on any atom is -0.395 e. The van der Waals surface area contributed by atoms with Crippen molar-refractivity contribution in [2.45, 2.75) is 65.2 Å². The average molecular weight is 294 g/mol. The molecule has 0 fully saturated rings. The molecule has 0 unspecified atom stereocenters. The Kier molecular flexibility index (Phi) is 7.87. The second-order valence-electron chi connectivity index (χ2n) is 5.70. The molecule has 0 aliphatic carbocycles. The zero-order valence-corrected chi connectivity index (χ0v) is 13.7. The highest BCUT2D eigenvalue weighted by atomic mass is 16.2. The minimum atomic E-state index is -0.126. The van der Waals surface area contributed by atoms with Crippen LogP contribution in [-0.2, 0) is 7.05 Å². The zero-order chi connectivity index (χ0) is 15.7. The number of anilines is 1. The van der Waals surface area contributed by atoms with E-state index in [2.05, 4.69) is 17.3 Å². The molecule has 1 aromatic heterocycles. The topological polar surface area (TPSA) is 72.9 Å². The number of carbonyl (C=O) groups is 1. The Labute approximate surface area is 128 Å². The number of rotatable bonds is 10. The predicted molar refractivity (Wildman–Crippen MR) is 87.3 cm³/mol. The monoisotopic (exact) mass is 294 g/mol. The van der Waals surface area contributed by atoms with Gasteiger partial charge in [-0.15, -0.1) is 0 Å². The fraction of sp³-hybridized carbons (Fsp3) is 0.750. The van der Waals surface area contributed by atoms with Crippen molar-refractivity contribution in [2.75, 3.05) is 12.3 Å². The van der Waals surface area contributed by atoms with Crippen LogP contribution >= 0.6 is 0 Å². The van der Waals surface area contributed by atoms with Gasteiger partial charge in [0.25, 0.3) is 5.91 Å². The summed E-state index contributed by atoms with van der Waals surface area (Å²) in [5.74, 6) is -0.126. The zero-order valence-electron chi connectivity index (χ0n) is 13.7. The number of nitrogens with one attached hydrogen (secondary N) is 1. The van der Waals surface area contributed by atoms with Gasteiger partial charge in [0.2, 0.25) is 0 Å². The Balaban J connectivity index is 2.14. The number of aryl methyl sites for hydroxylation is 2. The summed E-state index contributed by atoms with van der Waals surface area (Å²) in [6, 6.07) is 0. The van der Waals surface area contributed by atoms with Gasteiger partial charge < -0.3 is 11.1 Å². The van der Waals surface area contributed by atoms with Crippen LogP contribution in [0, 0.1) is 6.92 Å². The van der Waals surface area contributed by atoms with Gasteiger partial charge in [-0.05, 0) is 13.3 Å². The summed E-state index contributed by atoms with van der Waals surface area (Å²) >= 11 is 0. The summed E-state index contributed by atoms with van der Waals surface area (Å²) < 4.78 is 1.55. The molecule has 1 rings (SSSR count). The quantitative estimate of drug-likeness (QED) is 0.651. The van der Waals surface area contributed by atoms with E-state index < -0.39 is 0 Å². The van der Waals surface area contributed by atoms with Crippen LogP contribution < -0.4 is 11.1 Å². The molecule has 0 aliphatic rings. The van der Waals surface area contributed by atoms with Crippen LogP contribution in [-0.4, -0.2) is 22.2 Å². The third-order valence-electron chi connectivity index (χ3n) is 3.80. The molecule has 5 heteroatoms. The smallest absolute Gasteiger partial charge is 0.271 e. The lowest BCUT2D eigenvalue weighted by Gasteiger charge is -2.06. The predicted octanol–water partition coefficient (Wildman–Crippen LogP) is 3.18. The second kappa shape index (κ2) is 9.42. The highest BCUT2D eigenvalue weighted by Gasteiger charge is 2.16. The standard InChI is InChI=1S/C16H30N4O/c1-4-5-6-7-8-9-10-11-12-18-16(21)15-14(17)13(2)19-20(15)3/h4-12,17H2,1-3H3,(H,18,21). The number of nitrogens with two attached hydrogens (primary N) is 1. The molecule has 5 nitrogen and oxygen atoms in total. The first-order valence-corrected chi connectivity index (χ1v) is 8.15. The molecule has 0 bridgehead atoms. The molecule has 120 valence electrons. The van der Waals surface area contributed by atoms with Crippen molar-refractivity contribution in [2.24, 2.45) is 7.05 Å². The first kappa shape index (κ1) is 17.5. The number of hydrogen-bond donors (Lipinski definition) is 2. The third kappa shape index (κ3) is 5.78. The Hall–Kier alpha value is -1.52. The van der Waals surface area contributed by atoms with Crippen molar-refractivity contribution in [3.8, 4) is 0 Å². The number of aromatic nitrogens is 2. The SMILES string of the molecule is CCCCCCCCCCNC(=O)c1c(N)c(C)nn1C. The first-order chi connectivity index (χ1) is 10.1. The number of amides is 1. The molecule has 0 aliphatic heterocycles. The van der Waals surface area contributed by atoms with E-state index in [0.717, 1.165) is 6.42 Å². The molecule has 0 radical (unpaired) electrons. The normalized spacial score (nSPS) is 10.8. The average Bonchev–Trinajstić information content (AvgIpc) is 2.70. The molecule has 1 amide bonds. The molecule has 0 spiro atoms. The van der Waals surface area contributed by atoms with E-state index in [4.69, 9.17) is 5.73 Å². The van der Waals surface area contributed by atoms with Gasteiger partial charge in [0.15, 0.2) is 0 Å². The van der Waals surface area contributed by atoms with E-state index in [9.17, 15) is 4.79 Å². The number of nitrogens with zero attached hydrogens (tertiary/aromatic N) is 2. The van der Waals surface area contributed by atoms with Crippen LogP contribution in [0.3, 0.4) is 0 Å². The molecule has 0 saturated heterocycles. The Morgan fingerprint density at radius 2 is 1.71 bits per heavy atom. The fourth-order valence-corrected chi connectivity index (χ4v) is 2.49. The third-order valence-corrected chi connectivity index (χ3v) is 3.80. The molecular formula is C16H30N4O. The van der Waals surface area contributed by atoms with E-state index >= 15 is 0 Å². The minimum absolute atomic E-state index is 0.126. The van der Waals surface area contributed by atoms with Crippen molar-refractivity contribution in [1.82, 2.24) is 15.1 Å².